The predicted molar refractivity (Wildman–Crippen MR) is 73.5 cm³/mol. The normalized spacial score (nSPS) is 12.2. The van der Waals surface area contributed by atoms with Crippen molar-refractivity contribution in [1.29, 1.82) is 0 Å². The van der Waals surface area contributed by atoms with Crippen LogP contribution in [0.15, 0.2) is 36.4 Å². The van der Waals surface area contributed by atoms with Crippen LogP contribution >= 0.6 is 0 Å². The van der Waals surface area contributed by atoms with Gasteiger partial charge < -0.3 is 14.2 Å². The molecule has 2 aromatic rings. The highest BCUT2D eigenvalue weighted by Crippen LogP contribution is 2.37. The number of carbonyl (C=O) groups excluding carboxylic acids is 1. The van der Waals surface area contributed by atoms with Gasteiger partial charge in [-0.2, -0.15) is 0 Å². The maximum atomic E-state index is 11.1. The third kappa shape index (κ3) is 2.45. The topological polar surface area (TPSA) is 44.8 Å². The molecule has 4 nitrogen and oxygen atoms in total. The third-order valence-electron chi connectivity index (χ3n) is 3.11. The van der Waals surface area contributed by atoms with Crippen LogP contribution in [0.2, 0.25) is 0 Å². The number of benzene rings is 2. The van der Waals surface area contributed by atoms with Crippen LogP contribution in [0.4, 0.5) is 0 Å². The number of aryl methyl sites for hydroxylation is 1. The van der Waals surface area contributed by atoms with E-state index in [-0.39, 0.29) is 6.79 Å². The molecule has 2 aromatic carbocycles. The molecule has 1 aliphatic heterocycles. The van der Waals surface area contributed by atoms with Crippen molar-refractivity contribution in [3.8, 4) is 17.2 Å². The molecule has 0 saturated carbocycles. The highest BCUT2D eigenvalue weighted by Gasteiger charge is 2.17. The molecule has 0 aromatic heterocycles. The van der Waals surface area contributed by atoms with Gasteiger partial charge in [-0.15, -0.1) is 0 Å². The molecule has 102 valence electrons. The number of aldehydes is 1. The fraction of sp³-hybridized carbons (Fsp3) is 0.188. The molecule has 0 atom stereocenters. The lowest BCUT2D eigenvalue weighted by Crippen LogP contribution is -1.98. The molecular formula is C16H14O4. The number of ether oxygens (including phenoxy) is 3. The Balaban J connectivity index is 1.82. The summed E-state index contributed by atoms with van der Waals surface area (Å²) in [4.78, 5) is 11.1. The minimum atomic E-state index is 0.176. The van der Waals surface area contributed by atoms with Crippen molar-refractivity contribution in [2.75, 3.05) is 6.79 Å². The Labute approximate surface area is 116 Å². The predicted octanol–water partition coefficient (Wildman–Crippen LogP) is 3.12. The summed E-state index contributed by atoms with van der Waals surface area (Å²) in [6, 6.07) is 11.4. The van der Waals surface area contributed by atoms with Crippen LogP contribution in [-0.2, 0) is 6.61 Å². The third-order valence-corrected chi connectivity index (χ3v) is 3.11. The van der Waals surface area contributed by atoms with E-state index in [0.29, 0.717) is 29.4 Å². The smallest absolute Gasteiger partial charge is 0.231 e. The van der Waals surface area contributed by atoms with Crippen LogP contribution in [0.5, 0.6) is 17.2 Å². The zero-order chi connectivity index (χ0) is 13.9. The van der Waals surface area contributed by atoms with E-state index in [4.69, 9.17) is 14.2 Å². The molecule has 1 heterocycles. The summed E-state index contributed by atoms with van der Waals surface area (Å²) in [7, 11) is 0. The lowest BCUT2D eigenvalue weighted by molar-refractivity contribution is 0.111. The Hall–Kier alpha value is -2.49. The second kappa shape index (κ2) is 5.25. The first-order chi connectivity index (χ1) is 9.76. The first kappa shape index (κ1) is 12.5. The molecule has 20 heavy (non-hydrogen) atoms. The first-order valence-corrected chi connectivity index (χ1v) is 6.33. The van der Waals surface area contributed by atoms with Crippen molar-refractivity contribution in [3.05, 3.63) is 53.1 Å². The summed E-state index contributed by atoms with van der Waals surface area (Å²) >= 11 is 0. The highest BCUT2D eigenvalue weighted by molar-refractivity contribution is 5.81. The second-order valence-electron chi connectivity index (χ2n) is 4.64. The molecule has 0 radical (unpaired) electrons. The molecule has 0 saturated heterocycles. The van der Waals surface area contributed by atoms with Crippen LogP contribution in [0.1, 0.15) is 21.5 Å². The SMILES string of the molecule is Cc1cccc(COc2cc3c(cc2C=O)OCO3)c1. The van der Waals surface area contributed by atoms with E-state index < -0.39 is 0 Å². The summed E-state index contributed by atoms with van der Waals surface area (Å²) in [5.74, 6) is 1.69. The van der Waals surface area contributed by atoms with Gasteiger partial charge in [0, 0.05) is 6.07 Å². The highest BCUT2D eigenvalue weighted by atomic mass is 16.7. The first-order valence-electron chi connectivity index (χ1n) is 6.33. The van der Waals surface area contributed by atoms with Gasteiger partial charge in [0.05, 0.1) is 5.56 Å². The van der Waals surface area contributed by atoms with Crippen molar-refractivity contribution in [3.63, 3.8) is 0 Å². The van der Waals surface area contributed by atoms with Gasteiger partial charge in [-0.1, -0.05) is 29.8 Å². The summed E-state index contributed by atoms with van der Waals surface area (Å²) in [6.07, 6.45) is 0.757. The van der Waals surface area contributed by atoms with Crippen molar-refractivity contribution in [2.24, 2.45) is 0 Å². The minimum absolute atomic E-state index is 0.176. The molecule has 0 unspecified atom stereocenters. The molecule has 0 N–H and O–H groups in total. The lowest BCUT2D eigenvalue weighted by atomic mass is 10.1. The van der Waals surface area contributed by atoms with Crippen LogP contribution in [0, 0.1) is 6.92 Å². The van der Waals surface area contributed by atoms with E-state index >= 15 is 0 Å². The van der Waals surface area contributed by atoms with Gasteiger partial charge in [-0.3, -0.25) is 4.79 Å². The molecule has 3 rings (SSSR count). The number of hydrogen-bond donors (Lipinski definition) is 0. The van der Waals surface area contributed by atoms with E-state index in [0.717, 1.165) is 11.8 Å². The Morgan fingerprint density at radius 3 is 2.75 bits per heavy atom. The van der Waals surface area contributed by atoms with Crippen LogP contribution in [0.25, 0.3) is 0 Å². The number of rotatable bonds is 4. The van der Waals surface area contributed by atoms with E-state index in [2.05, 4.69) is 0 Å². The molecule has 1 aliphatic rings. The molecule has 0 spiro atoms. The number of fused-ring (bicyclic) bond motifs is 1. The van der Waals surface area contributed by atoms with Gasteiger partial charge >= 0.3 is 0 Å². The quantitative estimate of drug-likeness (QED) is 0.801. The Bertz CT molecular complexity index is 649. The molecular weight excluding hydrogens is 256 g/mol. The Morgan fingerprint density at radius 1 is 1.20 bits per heavy atom. The zero-order valence-corrected chi connectivity index (χ0v) is 11.1. The van der Waals surface area contributed by atoms with Gasteiger partial charge in [0.2, 0.25) is 6.79 Å². The van der Waals surface area contributed by atoms with Crippen molar-refractivity contribution in [1.82, 2.24) is 0 Å². The second-order valence-corrected chi connectivity index (χ2v) is 4.64. The molecule has 4 heteroatoms. The van der Waals surface area contributed by atoms with Gasteiger partial charge in [-0.25, -0.2) is 0 Å². The molecule has 0 aliphatic carbocycles. The monoisotopic (exact) mass is 270 g/mol. The number of hydrogen-bond acceptors (Lipinski definition) is 4. The van der Waals surface area contributed by atoms with Crippen molar-refractivity contribution < 1.29 is 19.0 Å². The fourth-order valence-electron chi connectivity index (χ4n) is 2.12. The van der Waals surface area contributed by atoms with Gasteiger partial charge in [0.15, 0.2) is 17.8 Å². The van der Waals surface area contributed by atoms with Crippen molar-refractivity contribution >= 4 is 6.29 Å². The zero-order valence-electron chi connectivity index (χ0n) is 11.1. The number of carbonyl (C=O) groups is 1. The molecule has 0 fully saturated rings. The molecule has 0 amide bonds. The van der Waals surface area contributed by atoms with E-state index in [1.807, 2.05) is 31.2 Å². The largest absolute Gasteiger partial charge is 0.488 e. The van der Waals surface area contributed by atoms with Crippen LogP contribution in [0.3, 0.4) is 0 Å². The molecule has 0 bridgehead atoms. The average Bonchev–Trinajstić information content (AvgIpc) is 2.91. The summed E-state index contributed by atoms with van der Waals surface area (Å²) in [5, 5.41) is 0. The maximum absolute atomic E-state index is 11.1. The van der Waals surface area contributed by atoms with Crippen molar-refractivity contribution in [2.45, 2.75) is 13.5 Å². The maximum Gasteiger partial charge on any atom is 0.231 e. The average molecular weight is 270 g/mol. The Morgan fingerprint density at radius 2 is 2.00 bits per heavy atom. The van der Waals surface area contributed by atoms with Gasteiger partial charge in [0.25, 0.3) is 0 Å². The van der Waals surface area contributed by atoms with Gasteiger partial charge in [-0.05, 0) is 18.6 Å². The minimum Gasteiger partial charge on any atom is -0.488 e. The fourth-order valence-corrected chi connectivity index (χ4v) is 2.12. The lowest BCUT2D eigenvalue weighted by Gasteiger charge is -2.10. The summed E-state index contributed by atoms with van der Waals surface area (Å²) in [6.45, 7) is 2.61. The standard InChI is InChI=1S/C16H14O4/c1-11-3-2-4-12(5-11)9-18-14-7-16-15(19-10-20-16)6-13(14)8-17/h2-8H,9-10H2,1H3. The Kier molecular flexibility index (Phi) is 3.29. The van der Waals surface area contributed by atoms with Crippen LogP contribution < -0.4 is 14.2 Å². The van der Waals surface area contributed by atoms with E-state index in [1.165, 1.54) is 5.56 Å². The van der Waals surface area contributed by atoms with Crippen LogP contribution in [-0.4, -0.2) is 13.1 Å². The van der Waals surface area contributed by atoms with Gasteiger partial charge in [0.1, 0.15) is 12.4 Å². The van der Waals surface area contributed by atoms with E-state index in [1.54, 1.807) is 12.1 Å². The van der Waals surface area contributed by atoms with E-state index in [9.17, 15) is 4.79 Å². The summed E-state index contributed by atoms with van der Waals surface area (Å²) in [5.41, 5.74) is 2.69. The summed E-state index contributed by atoms with van der Waals surface area (Å²) < 4.78 is 16.3.